The van der Waals surface area contributed by atoms with Gasteiger partial charge in [0.25, 0.3) is 0 Å². The highest BCUT2D eigenvalue weighted by molar-refractivity contribution is 7.98. The number of rotatable bonds is 13. The zero-order chi connectivity index (χ0) is 46.9. The second-order valence-corrected chi connectivity index (χ2v) is 24.5. The van der Waals surface area contributed by atoms with Crippen LogP contribution in [0.2, 0.25) is 0 Å². The average molecular weight is 924 g/mol. The molecule has 6 fully saturated rings. The highest BCUT2D eigenvalue weighted by Crippen LogP contribution is 2.70. The second kappa shape index (κ2) is 18.6. The van der Waals surface area contributed by atoms with Gasteiger partial charge in [0.05, 0.1) is 36.8 Å². The Hall–Kier alpha value is -2.61. The second-order valence-electron chi connectivity index (χ2n) is 23.6. The summed E-state index contributed by atoms with van der Waals surface area (Å²) < 4.78 is 13.6. The van der Waals surface area contributed by atoms with Crippen LogP contribution in [0.3, 0.4) is 0 Å². The van der Waals surface area contributed by atoms with Crippen LogP contribution < -0.4 is 4.90 Å². The zero-order valence-electron chi connectivity index (χ0n) is 41.5. The van der Waals surface area contributed by atoms with Crippen molar-refractivity contribution in [2.75, 3.05) is 37.3 Å². The lowest BCUT2D eigenvalue weighted by Gasteiger charge is -2.64. The Morgan fingerprint density at radius 3 is 2.45 bits per heavy atom. The van der Waals surface area contributed by atoms with Crippen LogP contribution in [0.4, 0.5) is 5.69 Å². The summed E-state index contributed by atoms with van der Waals surface area (Å²) in [5.41, 5.74) is 5.34. The average Bonchev–Trinajstić information content (AvgIpc) is 3.79. The topological polar surface area (TPSA) is 117 Å². The van der Waals surface area contributed by atoms with E-state index in [-0.39, 0.29) is 52.0 Å². The number of fused-ring (bicyclic) bond motifs is 9. The van der Waals surface area contributed by atoms with Gasteiger partial charge in [-0.05, 0) is 196 Å². The van der Waals surface area contributed by atoms with Gasteiger partial charge in [-0.25, -0.2) is 0 Å². The number of aliphatic hydroxyl groups excluding tert-OH is 1. The van der Waals surface area contributed by atoms with Gasteiger partial charge < -0.3 is 29.7 Å². The fourth-order valence-corrected chi connectivity index (χ4v) is 17.5. The molecule has 1 aromatic carbocycles. The normalized spacial score (nSPS) is 42.3. The molecule has 0 radical (unpaired) electrons. The first kappa shape index (κ1) is 48.4. The molecule has 1 aromatic rings. The van der Waals surface area contributed by atoms with Crippen molar-refractivity contribution in [1.82, 2.24) is 0 Å². The van der Waals surface area contributed by atoms with Crippen molar-refractivity contribution in [3.63, 3.8) is 0 Å². The number of likely N-dealkylation sites (N-methyl/N-ethyl adjacent to an activating group) is 1. The number of thioether (sulfide) groups is 1. The van der Waals surface area contributed by atoms with Gasteiger partial charge in [-0.3, -0.25) is 9.59 Å². The highest BCUT2D eigenvalue weighted by atomic mass is 32.2. The molecule has 0 bridgehead atoms. The molecule has 9 heteroatoms. The fourth-order valence-electron chi connectivity index (χ4n) is 17.2. The minimum atomic E-state index is -0.982. The standard InChI is InChI=1S/C57H81NO7S/c1-9-22-57(63)24-21-46-43-16-12-37-28-40(59)15-17-42(37)51(43)44(32-55(46,57)5)36-10-13-39(14-11-36)58(7)25-26-64-41-20-23-54(4)38(29-41)30-49(65-33-66-8)52-47-19-18-45(34(2)27-35(3)53(61)62)56(47,6)50(60)31-48(52)54/h10-11,13-14,28,34-35,38,41,43-50,52,60,63H,12,15-21,23-27,29-33H2,1-8H3,(H,61,62)/t34-,35?,38+,41+,43+,44-,45-,46+,47+,48+,49-,50+,52+,54+,55+,56-,57-/m1/s1. The molecule has 8 nitrogen and oxygen atoms in total. The summed E-state index contributed by atoms with van der Waals surface area (Å²) in [6.07, 6.45) is 17.9. The molecule has 0 spiro atoms. The number of nitrogens with zero attached hydrogens (tertiary/aromatic N) is 1. The van der Waals surface area contributed by atoms with Gasteiger partial charge in [0.1, 0.15) is 5.60 Å². The predicted molar refractivity (Wildman–Crippen MR) is 264 cm³/mol. The zero-order valence-corrected chi connectivity index (χ0v) is 42.3. The Kier molecular flexibility index (Phi) is 13.7. The summed E-state index contributed by atoms with van der Waals surface area (Å²) in [6.45, 7) is 14.6. The van der Waals surface area contributed by atoms with Crippen LogP contribution in [-0.2, 0) is 19.1 Å². The molecule has 362 valence electrons. The number of carbonyl (C=O) groups excluding carboxylic acids is 1. The smallest absolute Gasteiger partial charge is 0.306 e. The summed E-state index contributed by atoms with van der Waals surface area (Å²) in [5.74, 6) is 9.45. The van der Waals surface area contributed by atoms with Crippen LogP contribution in [0.5, 0.6) is 0 Å². The van der Waals surface area contributed by atoms with Crippen molar-refractivity contribution in [3.8, 4) is 11.8 Å². The SMILES string of the molecule is CC#C[C@@]1(O)CC[C@H]2[C@@H]3CCC4=CC(=O)CCC4=C3[C@@H](c3ccc(N(C)CCO[C@H]4CC[C@@]5(C)[C@@H](C4)C[C@@H](OCSC)[C@@H]4[C@@H]5C[C@H](O)[C@]5(C)[C@@H]([C@H](C)CC(C)C(=O)O)CC[C@@H]45)cc3)C[C@@]21C. The number of hydrogen-bond donors (Lipinski definition) is 3. The van der Waals surface area contributed by atoms with Crippen molar-refractivity contribution >= 4 is 29.2 Å². The predicted octanol–water partition coefficient (Wildman–Crippen LogP) is 10.9. The van der Waals surface area contributed by atoms with Crippen LogP contribution in [0, 0.1) is 81.3 Å². The number of anilines is 1. The molecular weight excluding hydrogens is 843 g/mol. The van der Waals surface area contributed by atoms with Crippen LogP contribution in [0.1, 0.15) is 149 Å². The van der Waals surface area contributed by atoms with Crippen molar-refractivity contribution in [1.29, 1.82) is 0 Å². The molecule has 8 aliphatic rings. The van der Waals surface area contributed by atoms with E-state index in [9.17, 15) is 24.9 Å². The lowest BCUT2D eigenvalue weighted by Crippen LogP contribution is -2.62. The first-order chi connectivity index (χ1) is 31.5. The number of carbonyl (C=O) groups is 2. The Labute approximate surface area is 400 Å². The van der Waals surface area contributed by atoms with Gasteiger partial charge in [0, 0.05) is 37.0 Å². The van der Waals surface area contributed by atoms with E-state index in [2.05, 4.69) is 82.0 Å². The summed E-state index contributed by atoms with van der Waals surface area (Å²) in [4.78, 5) is 26.7. The maximum Gasteiger partial charge on any atom is 0.306 e. The minimum Gasteiger partial charge on any atom is -0.481 e. The maximum absolute atomic E-state index is 12.6. The van der Waals surface area contributed by atoms with Crippen molar-refractivity contribution in [2.45, 2.75) is 168 Å². The molecule has 9 rings (SSSR count). The molecule has 0 saturated heterocycles. The van der Waals surface area contributed by atoms with Crippen LogP contribution in [0.25, 0.3) is 0 Å². The molecule has 1 unspecified atom stereocenters. The first-order valence-corrected chi connectivity index (χ1v) is 27.4. The molecule has 0 heterocycles. The molecule has 6 saturated carbocycles. The fraction of sp³-hybridized carbons (Fsp3) is 0.754. The number of benzene rings is 1. The largest absolute Gasteiger partial charge is 0.481 e. The Bertz CT molecular complexity index is 2120. The highest BCUT2D eigenvalue weighted by Gasteiger charge is 2.67. The number of ether oxygens (including phenoxy) is 2. The molecule has 8 aliphatic carbocycles. The Balaban J connectivity index is 0.860. The molecule has 3 N–H and O–H groups in total. The van der Waals surface area contributed by atoms with Crippen LogP contribution in [0.15, 0.2) is 47.1 Å². The molecule has 66 heavy (non-hydrogen) atoms. The van der Waals surface area contributed by atoms with Gasteiger partial charge >= 0.3 is 5.97 Å². The first-order valence-electron chi connectivity index (χ1n) is 26.0. The van der Waals surface area contributed by atoms with Gasteiger partial charge in [-0.2, -0.15) is 0 Å². The summed E-state index contributed by atoms with van der Waals surface area (Å²) in [5, 5.41) is 34.1. The summed E-state index contributed by atoms with van der Waals surface area (Å²) >= 11 is 1.75. The number of carboxylic acid groups (broad SMARTS) is 1. The number of hydrogen-bond acceptors (Lipinski definition) is 8. The van der Waals surface area contributed by atoms with Crippen molar-refractivity contribution in [2.24, 2.45) is 69.5 Å². The molecule has 0 aliphatic heterocycles. The molecule has 0 aromatic heterocycles. The third kappa shape index (κ3) is 8.09. The van der Waals surface area contributed by atoms with Gasteiger partial charge in [-0.1, -0.05) is 58.2 Å². The number of allylic oxidation sites excluding steroid dienone is 4. The van der Waals surface area contributed by atoms with Crippen molar-refractivity contribution in [3.05, 3.63) is 52.6 Å². The third-order valence-corrected chi connectivity index (χ3v) is 21.1. The number of aliphatic hydroxyl groups is 2. The van der Waals surface area contributed by atoms with Gasteiger partial charge in [-0.15, -0.1) is 17.7 Å². The Morgan fingerprint density at radius 1 is 0.955 bits per heavy atom. The summed E-state index contributed by atoms with van der Waals surface area (Å²) in [6, 6.07) is 9.19. The quantitative estimate of drug-likeness (QED) is 0.131. The monoisotopic (exact) mass is 924 g/mol. The molecular formula is C57H81NO7S. The molecule has 17 atom stereocenters. The van der Waals surface area contributed by atoms with Gasteiger partial charge in [0.2, 0.25) is 0 Å². The third-order valence-electron chi connectivity index (χ3n) is 20.8. The van der Waals surface area contributed by atoms with Crippen LogP contribution >= 0.6 is 11.8 Å². The van der Waals surface area contributed by atoms with E-state index in [4.69, 9.17) is 9.47 Å². The minimum absolute atomic E-state index is 0.128. The van der Waals surface area contributed by atoms with Crippen LogP contribution in [-0.4, -0.2) is 83.4 Å². The van der Waals surface area contributed by atoms with E-state index in [1.165, 1.54) is 22.4 Å². The van der Waals surface area contributed by atoms with Crippen molar-refractivity contribution < 1.29 is 34.4 Å². The van der Waals surface area contributed by atoms with E-state index in [0.717, 1.165) is 90.0 Å². The van der Waals surface area contributed by atoms with E-state index >= 15 is 0 Å². The van der Waals surface area contributed by atoms with Gasteiger partial charge in [0.15, 0.2) is 5.78 Å². The molecule has 0 amide bonds. The lowest BCUT2D eigenvalue weighted by atomic mass is 9.43. The lowest BCUT2D eigenvalue weighted by molar-refractivity contribution is -0.215. The number of aliphatic carboxylic acids is 1. The number of carboxylic acids is 1. The Morgan fingerprint density at radius 2 is 1.73 bits per heavy atom. The van der Waals surface area contributed by atoms with E-state index in [0.29, 0.717) is 66.8 Å². The van der Waals surface area contributed by atoms with E-state index < -0.39 is 17.7 Å². The maximum atomic E-state index is 12.6. The number of ketones is 1. The van der Waals surface area contributed by atoms with E-state index in [1.807, 2.05) is 19.9 Å². The summed E-state index contributed by atoms with van der Waals surface area (Å²) in [7, 11) is 2.17. The van der Waals surface area contributed by atoms with E-state index in [1.54, 1.807) is 17.3 Å².